The summed E-state index contributed by atoms with van der Waals surface area (Å²) in [6.07, 6.45) is 84.3. The summed E-state index contributed by atoms with van der Waals surface area (Å²) >= 11 is 0. The van der Waals surface area contributed by atoms with Crippen molar-refractivity contribution in [3.8, 4) is 0 Å². The first-order valence-corrected chi connectivity index (χ1v) is 29.1. The molecular weight excluding hydrogens is 930 g/mol. The molecule has 0 aliphatic heterocycles. The zero-order valence-electron chi connectivity index (χ0n) is 45.3. The first kappa shape index (κ1) is 68.4. The molecule has 0 saturated carbocycles. The number of phosphoric acid groups is 1. The van der Waals surface area contributed by atoms with Gasteiger partial charge in [-0.15, -0.1) is 0 Å². The van der Waals surface area contributed by atoms with Crippen LogP contribution in [-0.2, 0) is 32.7 Å². The van der Waals surface area contributed by atoms with Crippen molar-refractivity contribution in [1.29, 1.82) is 0 Å². The monoisotopic (exact) mass is 1030 g/mol. The summed E-state index contributed by atoms with van der Waals surface area (Å²) in [7, 11) is -4.41. The molecule has 0 rings (SSSR count). The largest absolute Gasteiger partial charge is 0.472 e. The molecule has 2 atom stereocenters. The van der Waals surface area contributed by atoms with E-state index in [0.29, 0.717) is 12.8 Å². The van der Waals surface area contributed by atoms with Gasteiger partial charge in [0.2, 0.25) is 0 Å². The number of unbranched alkanes of at least 4 members (excludes halogenated alkanes) is 8. The van der Waals surface area contributed by atoms with Crippen LogP contribution in [-0.4, -0.2) is 49.3 Å². The number of ether oxygens (including phenoxy) is 2. The fourth-order valence-corrected chi connectivity index (χ4v) is 7.38. The quantitative estimate of drug-likeness (QED) is 0.0264. The van der Waals surface area contributed by atoms with Crippen LogP contribution in [0.3, 0.4) is 0 Å². The van der Waals surface area contributed by atoms with Crippen molar-refractivity contribution in [3.63, 3.8) is 0 Å². The van der Waals surface area contributed by atoms with Crippen LogP contribution < -0.4 is 5.73 Å². The standard InChI is InChI=1S/C63H98NO8P/c1-3-5-7-9-11-13-15-17-18-19-20-21-22-23-24-25-26-27-28-29-30-31-32-33-34-35-36-37-38-39-40-41-42-44-46-48-50-52-54-56-63(66)72-61(60-71-73(67,68)70-58-57-64)59-69-62(65)55-53-51-49-47-45-43-16-14-12-10-8-6-4-2/h5-8,11-14,17-18,20-21,23-24,26-27,29-30,32-33,35-36,38-39,43,45,49,51,61H,3-4,9-10,15-16,19,22,25,28,31,34,37,40-42,44,46-48,50,52-60,64H2,1-2H3,(H,67,68)/b7-5-,8-6-,13-11-,14-12-,18-17-,21-20-,24-23-,27-26-,30-29-,33-32-,36-35-,39-38-,45-43-,51-49-. The molecule has 0 saturated heterocycles. The molecule has 0 fully saturated rings. The van der Waals surface area contributed by atoms with E-state index in [-0.39, 0.29) is 32.6 Å². The van der Waals surface area contributed by atoms with E-state index < -0.39 is 32.5 Å². The molecule has 9 nitrogen and oxygen atoms in total. The fourth-order valence-electron chi connectivity index (χ4n) is 6.62. The lowest BCUT2D eigenvalue weighted by molar-refractivity contribution is -0.161. The van der Waals surface area contributed by atoms with Gasteiger partial charge in [0.05, 0.1) is 13.2 Å². The lowest BCUT2D eigenvalue weighted by Gasteiger charge is -2.19. The molecule has 2 unspecified atom stereocenters. The lowest BCUT2D eigenvalue weighted by atomic mass is 10.1. The SMILES string of the molecule is CC/C=C\C/C=C\C/C=C\C/C=C\C/C=C\C/C=C\C/C=C\C/C=C\C/C=C\C/C=C\CCCCCCCCCCC(=O)OC(COC(=O)CC/C=C\C/C=C\C/C=C\C/C=C\CC)COP(=O)(O)OCCN. The van der Waals surface area contributed by atoms with E-state index in [1.165, 1.54) is 25.7 Å². The molecule has 73 heavy (non-hydrogen) atoms. The van der Waals surface area contributed by atoms with Gasteiger partial charge in [-0.1, -0.05) is 223 Å². The average molecular weight is 1030 g/mol. The summed E-state index contributed by atoms with van der Waals surface area (Å²) in [5, 5.41) is 0. The van der Waals surface area contributed by atoms with Gasteiger partial charge in [-0.2, -0.15) is 0 Å². The summed E-state index contributed by atoms with van der Waals surface area (Å²) in [6.45, 7) is 3.37. The maximum absolute atomic E-state index is 12.7. The van der Waals surface area contributed by atoms with Crippen LogP contribution in [0.2, 0.25) is 0 Å². The molecule has 3 N–H and O–H groups in total. The Labute approximate surface area is 444 Å². The topological polar surface area (TPSA) is 134 Å². The minimum atomic E-state index is -4.41. The molecule has 408 valence electrons. The van der Waals surface area contributed by atoms with E-state index in [9.17, 15) is 19.0 Å². The van der Waals surface area contributed by atoms with Crippen molar-refractivity contribution >= 4 is 19.8 Å². The van der Waals surface area contributed by atoms with Gasteiger partial charge in [0.1, 0.15) is 6.61 Å². The number of allylic oxidation sites excluding steroid dienone is 28. The highest BCUT2D eigenvalue weighted by Gasteiger charge is 2.26. The van der Waals surface area contributed by atoms with Crippen LogP contribution >= 0.6 is 7.82 Å². The summed E-state index contributed by atoms with van der Waals surface area (Å²) < 4.78 is 32.8. The van der Waals surface area contributed by atoms with Gasteiger partial charge in [0.15, 0.2) is 6.10 Å². The third-order valence-electron chi connectivity index (χ3n) is 10.6. The van der Waals surface area contributed by atoms with E-state index >= 15 is 0 Å². The highest BCUT2D eigenvalue weighted by atomic mass is 31.2. The number of hydrogen-bond acceptors (Lipinski definition) is 8. The predicted molar refractivity (Wildman–Crippen MR) is 311 cm³/mol. The molecule has 0 bridgehead atoms. The van der Waals surface area contributed by atoms with Crippen LogP contribution in [0.5, 0.6) is 0 Å². The fraction of sp³-hybridized carbons (Fsp3) is 0.524. The molecule has 10 heteroatoms. The number of nitrogens with two attached hydrogens (primary N) is 1. The zero-order valence-corrected chi connectivity index (χ0v) is 46.2. The number of carbonyl (C=O) groups is 2. The first-order chi connectivity index (χ1) is 35.8. The molecule has 0 aliphatic carbocycles. The van der Waals surface area contributed by atoms with Crippen LogP contribution in [0.15, 0.2) is 170 Å². The summed E-state index contributed by atoms with van der Waals surface area (Å²) in [4.78, 5) is 35.0. The molecule has 0 amide bonds. The van der Waals surface area contributed by atoms with E-state index in [1.807, 2.05) is 12.2 Å². The van der Waals surface area contributed by atoms with Gasteiger partial charge >= 0.3 is 19.8 Å². The number of esters is 2. The van der Waals surface area contributed by atoms with Gasteiger partial charge in [0, 0.05) is 19.4 Å². The Bertz CT molecular complexity index is 1790. The maximum atomic E-state index is 12.7. The smallest absolute Gasteiger partial charge is 0.462 e. The van der Waals surface area contributed by atoms with Crippen molar-refractivity contribution in [3.05, 3.63) is 170 Å². The number of phosphoric ester groups is 1. The van der Waals surface area contributed by atoms with Gasteiger partial charge < -0.3 is 20.1 Å². The molecule has 0 spiro atoms. The highest BCUT2D eigenvalue weighted by Crippen LogP contribution is 2.43. The first-order valence-electron chi connectivity index (χ1n) is 27.6. The van der Waals surface area contributed by atoms with Crippen molar-refractivity contribution in [2.75, 3.05) is 26.4 Å². The van der Waals surface area contributed by atoms with E-state index in [2.05, 4.69) is 172 Å². The average Bonchev–Trinajstić information content (AvgIpc) is 3.38. The van der Waals surface area contributed by atoms with Crippen LogP contribution in [0.4, 0.5) is 0 Å². The zero-order chi connectivity index (χ0) is 53.1. The number of rotatable bonds is 49. The summed E-state index contributed by atoms with van der Waals surface area (Å²) in [5.41, 5.74) is 5.36. The second-order valence-electron chi connectivity index (χ2n) is 17.3. The molecule has 0 aliphatic rings. The van der Waals surface area contributed by atoms with Gasteiger partial charge in [-0.25, -0.2) is 4.57 Å². The second-order valence-corrected chi connectivity index (χ2v) is 18.8. The minimum absolute atomic E-state index is 0.0339. The normalized spacial score (nSPS) is 14.4. The number of hydrogen-bond donors (Lipinski definition) is 2. The second kappa shape index (κ2) is 56.7. The summed E-state index contributed by atoms with van der Waals surface area (Å²) in [6, 6.07) is 0. The Morgan fingerprint density at radius 2 is 0.740 bits per heavy atom. The Balaban J connectivity index is 4.05. The lowest BCUT2D eigenvalue weighted by Crippen LogP contribution is -2.29. The predicted octanol–water partition coefficient (Wildman–Crippen LogP) is 17.5. The van der Waals surface area contributed by atoms with Gasteiger partial charge in [-0.3, -0.25) is 18.6 Å². The minimum Gasteiger partial charge on any atom is -0.462 e. The third kappa shape index (κ3) is 56.5. The molecule has 0 radical (unpaired) electrons. The van der Waals surface area contributed by atoms with Crippen molar-refractivity contribution in [1.82, 2.24) is 0 Å². The van der Waals surface area contributed by atoms with Crippen molar-refractivity contribution in [2.24, 2.45) is 5.73 Å². The summed E-state index contributed by atoms with van der Waals surface area (Å²) in [5.74, 6) is -0.949. The van der Waals surface area contributed by atoms with Crippen LogP contribution in [0.25, 0.3) is 0 Å². The Hall–Kier alpha value is -4.63. The Kier molecular flexibility index (Phi) is 53.1. The molecular formula is C63H98NO8P. The van der Waals surface area contributed by atoms with E-state index in [4.69, 9.17) is 24.3 Å². The van der Waals surface area contributed by atoms with Crippen molar-refractivity contribution in [2.45, 2.75) is 187 Å². The van der Waals surface area contributed by atoms with Crippen molar-refractivity contribution < 1.29 is 37.6 Å². The Morgan fingerprint density at radius 1 is 0.411 bits per heavy atom. The number of carbonyl (C=O) groups excluding carboxylic acids is 2. The molecule has 0 aromatic rings. The van der Waals surface area contributed by atoms with E-state index in [1.54, 1.807) is 0 Å². The van der Waals surface area contributed by atoms with E-state index in [0.717, 1.165) is 116 Å². The Morgan fingerprint density at radius 3 is 1.11 bits per heavy atom. The van der Waals surface area contributed by atoms with Gasteiger partial charge in [0.25, 0.3) is 0 Å². The third-order valence-corrected chi connectivity index (χ3v) is 11.6. The van der Waals surface area contributed by atoms with Crippen LogP contribution in [0.1, 0.15) is 181 Å². The maximum Gasteiger partial charge on any atom is 0.472 e. The molecule has 0 aromatic carbocycles. The highest BCUT2D eigenvalue weighted by molar-refractivity contribution is 7.47. The van der Waals surface area contributed by atoms with Crippen LogP contribution in [0, 0.1) is 0 Å². The van der Waals surface area contributed by atoms with Gasteiger partial charge in [-0.05, 0) is 116 Å². The molecule has 0 heterocycles. The molecule has 0 aromatic heterocycles.